The molecule has 0 aliphatic heterocycles. The van der Waals surface area contributed by atoms with Crippen molar-refractivity contribution < 1.29 is 0 Å². The van der Waals surface area contributed by atoms with Gasteiger partial charge in [-0.05, 0) is 44.4 Å². The second-order valence-corrected chi connectivity index (χ2v) is 6.52. The highest BCUT2D eigenvalue weighted by atomic mass is 35.5. The monoisotopic (exact) mass is 294 g/mol. The molecule has 2 rings (SSSR count). The molecule has 1 aliphatic carbocycles. The first kappa shape index (κ1) is 15.8. The Morgan fingerprint density at radius 3 is 2.75 bits per heavy atom. The van der Waals surface area contributed by atoms with Crippen LogP contribution in [0.1, 0.15) is 51.1 Å². The van der Waals surface area contributed by atoms with E-state index in [1.807, 2.05) is 12.1 Å². The summed E-state index contributed by atoms with van der Waals surface area (Å²) < 4.78 is 0. The van der Waals surface area contributed by atoms with Crippen molar-refractivity contribution >= 4 is 11.6 Å². The van der Waals surface area contributed by atoms with Gasteiger partial charge in [-0.1, -0.05) is 49.6 Å². The molecule has 1 aliphatic rings. The number of likely N-dealkylation sites (N-methyl/N-ethyl adjacent to an activating group) is 1. The van der Waals surface area contributed by atoms with E-state index in [-0.39, 0.29) is 5.54 Å². The van der Waals surface area contributed by atoms with Crippen LogP contribution in [0.4, 0.5) is 0 Å². The van der Waals surface area contributed by atoms with Crippen LogP contribution in [-0.2, 0) is 0 Å². The Balaban J connectivity index is 2.29. The molecule has 2 N–H and O–H groups in total. The van der Waals surface area contributed by atoms with Crippen LogP contribution >= 0.6 is 11.6 Å². The first-order valence-corrected chi connectivity index (χ1v) is 8.12. The topological polar surface area (TPSA) is 29.3 Å². The molecule has 1 aromatic rings. The molecule has 0 radical (unpaired) electrons. The van der Waals surface area contributed by atoms with E-state index in [0.717, 1.165) is 11.6 Å². The Labute approximate surface area is 128 Å². The van der Waals surface area contributed by atoms with Gasteiger partial charge in [0.15, 0.2) is 0 Å². The predicted octanol–water partition coefficient (Wildman–Crippen LogP) is 4.24. The minimum absolute atomic E-state index is 0.132. The van der Waals surface area contributed by atoms with Crippen LogP contribution in [0.2, 0.25) is 5.02 Å². The fraction of sp³-hybridized carbons (Fsp3) is 0.647. The molecule has 20 heavy (non-hydrogen) atoms. The summed E-state index contributed by atoms with van der Waals surface area (Å²) >= 11 is 6.37. The van der Waals surface area contributed by atoms with Gasteiger partial charge in [-0.2, -0.15) is 0 Å². The fourth-order valence-corrected chi connectivity index (χ4v) is 4.29. The molecular weight excluding hydrogens is 268 g/mol. The predicted molar refractivity (Wildman–Crippen MR) is 87.0 cm³/mol. The van der Waals surface area contributed by atoms with Gasteiger partial charge in [-0.3, -0.25) is 4.90 Å². The second-order valence-electron chi connectivity index (χ2n) is 6.11. The summed E-state index contributed by atoms with van der Waals surface area (Å²) in [7, 11) is 2.22. The van der Waals surface area contributed by atoms with Crippen molar-refractivity contribution in [2.75, 3.05) is 13.6 Å². The van der Waals surface area contributed by atoms with Crippen molar-refractivity contribution in [3.63, 3.8) is 0 Å². The fourth-order valence-electron chi connectivity index (χ4n) is 4.00. The van der Waals surface area contributed by atoms with E-state index in [1.165, 1.54) is 31.2 Å². The molecule has 1 aromatic carbocycles. The van der Waals surface area contributed by atoms with E-state index in [9.17, 15) is 0 Å². The van der Waals surface area contributed by atoms with Crippen LogP contribution in [0.25, 0.3) is 0 Å². The number of nitrogens with zero attached hydrogens (tertiary/aromatic N) is 1. The van der Waals surface area contributed by atoms with Crippen molar-refractivity contribution in [1.82, 2.24) is 4.90 Å². The Hall–Kier alpha value is -0.570. The quantitative estimate of drug-likeness (QED) is 0.880. The zero-order valence-electron chi connectivity index (χ0n) is 12.9. The largest absolute Gasteiger partial charge is 0.329 e. The Morgan fingerprint density at radius 1 is 1.45 bits per heavy atom. The molecule has 3 unspecified atom stereocenters. The summed E-state index contributed by atoms with van der Waals surface area (Å²) in [5.41, 5.74) is 7.55. The lowest BCUT2D eigenvalue weighted by Crippen LogP contribution is -2.55. The molecule has 0 saturated heterocycles. The van der Waals surface area contributed by atoms with E-state index in [1.54, 1.807) is 0 Å². The van der Waals surface area contributed by atoms with Crippen LogP contribution in [0.15, 0.2) is 24.3 Å². The summed E-state index contributed by atoms with van der Waals surface area (Å²) in [5.74, 6) is 0.697. The first-order valence-electron chi connectivity index (χ1n) is 7.74. The molecule has 0 spiro atoms. The average molecular weight is 295 g/mol. The van der Waals surface area contributed by atoms with Gasteiger partial charge >= 0.3 is 0 Å². The molecule has 1 saturated carbocycles. The van der Waals surface area contributed by atoms with Gasteiger partial charge < -0.3 is 5.73 Å². The number of nitrogens with two attached hydrogens (primary N) is 1. The molecule has 2 nitrogen and oxygen atoms in total. The smallest absolute Gasteiger partial charge is 0.0453 e. The molecule has 0 bridgehead atoms. The van der Waals surface area contributed by atoms with Crippen molar-refractivity contribution in [1.29, 1.82) is 0 Å². The maximum atomic E-state index is 6.37. The van der Waals surface area contributed by atoms with E-state index < -0.39 is 0 Å². The zero-order valence-corrected chi connectivity index (χ0v) is 13.7. The second kappa shape index (κ2) is 6.46. The van der Waals surface area contributed by atoms with E-state index in [0.29, 0.717) is 12.0 Å². The van der Waals surface area contributed by atoms with Gasteiger partial charge in [0.2, 0.25) is 0 Å². The standard InChI is InChI=1S/C17H27ClN2/c1-4-14-8-7-11-17(14,12-19)20(3)13(2)15-9-5-6-10-16(15)18/h5-6,9-10,13-14H,4,7-8,11-12,19H2,1-3H3. The van der Waals surface area contributed by atoms with Crippen molar-refractivity contribution in [2.45, 2.75) is 51.1 Å². The van der Waals surface area contributed by atoms with E-state index in [2.05, 4.69) is 37.9 Å². The third-order valence-corrected chi connectivity index (χ3v) is 5.75. The molecule has 0 heterocycles. The zero-order chi connectivity index (χ0) is 14.8. The Morgan fingerprint density at radius 2 is 2.15 bits per heavy atom. The number of hydrogen-bond donors (Lipinski definition) is 1. The summed E-state index contributed by atoms with van der Waals surface area (Å²) in [6, 6.07) is 8.44. The Bertz CT molecular complexity index is 448. The van der Waals surface area contributed by atoms with Gasteiger partial charge in [0.05, 0.1) is 0 Å². The van der Waals surface area contributed by atoms with Crippen LogP contribution in [0.5, 0.6) is 0 Å². The lowest BCUT2D eigenvalue weighted by molar-refractivity contribution is 0.0475. The highest BCUT2D eigenvalue weighted by Crippen LogP contribution is 2.44. The summed E-state index contributed by atoms with van der Waals surface area (Å²) in [5, 5.41) is 0.852. The van der Waals surface area contributed by atoms with Crippen LogP contribution in [0.3, 0.4) is 0 Å². The third kappa shape index (κ3) is 2.61. The lowest BCUT2D eigenvalue weighted by Gasteiger charge is -2.46. The lowest BCUT2D eigenvalue weighted by atomic mass is 9.82. The van der Waals surface area contributed by atoms with Crippen LogP contribution < -0.4 is 5.73 Å². The van der Waals surface area contributed by atoms with E-state index >= 15 is 0 Å². The number of hydrogen-bond acceptors (Lipinski definition) is 2. The van der Waals surface area contributed by atoms with Crippen LogP contribution in [-0.4, -0.2) is 24.0 Å². The molecule has 0 aromatic heterocycles. The maximum absolute atomic E-state index is 6.37. The summed E-state index contributed by atoms with van der Waals surface area (Å²) in [4.78, 5) is 2.48. The molecule has 1 fully saturated rings. The first-order chi connectivity index (χ1) is 9.56. The molecule has 0 amide bonds. The Kier molecular flexibility index (Phi) is 5.11. The van der Waals surface area contributed by atoms with Gasteiger partial charge in [0, 0.05) is 23.1 Å². The summed E-state index contributed by atoms with van der Waals surface area (Å²) in [6.45, 7) is 5.26. The molecule has 3 heteroatoms. The molecule has 3 atom stereocenters. The van der Waals surface area contributed by atoms with Crippen molar-refractivity contribution in [2.24, 2.45) is 11.7 Å². The van der Waals surface area contributed by atoms with Gasteiger partial charge in [0.25, 0.3) is 0 Å². The normalized spacial score (nSPS) is 28.0. The van der Waals surface area contributed by atoms with Gasteiger partial charge in [-0.25, -0.2) is 0 Å². The van der Waals surface area contributed by atoms with Gasteiger partial charge in [0.1, 0.15) is 0 Å². The van der Waals surface area contributed by atoms with Crippen molar-refractivity contribution in [3.8, 4) is 0 Å². The maximum Gasteiger partial charge on any atom is 0.0453 e. The highest BCUT2D eigenvalue weighted by molar-refractivity contribution is 6.31. The molecular formula is C17H27ClN2. The average Bonchev–Trinajstić information content (AvgIpc) is 2.90. The third-order valence-electron chi connectivity index (χ3n) is 5.41. The summed E-state index contributed by atoms with van der Waals surface area (Å²) in [6.07, 6.45) is 4.99. The molecule has 112 valence electrons. The van der Waals surface area contributed by atoms with Crippen molar-refractivity contribution in [3.05, 3.63) is 34.9 Å². The van der Waals surface area contributed by atoms with Gasteiger partial charge in [-0.15, -0.1) is 0 Å². The number of rotatable bonds is 5. The highest BCUT2D eigenvalue weighted by Gasteiger charge is 2.45. The van der Waals surface area contributed by atoms with E-state index in [4.69, 9.17) is 17.3 Å². The SMILES string of the molecule is CCC1CCCC1(CN)N(C)C(C)c1ccccc1Cl. The minimum atomic E-state index is 0.132. The number of halogens is 1. The minimum Gasteiger partial charge on any atom is -0.329 e. The van der Waals surface area contributed by atoms with Crippen LogP contribution in [0, 0.1) is 5.92 Å². The number of benzene rings is 1.